The molecule has 1 spiro atoms. The second-order valence-corrected chi connectivity index (χ2v) is 8.57. The first kappa shape index (κ1) is 17.6. The second kappa shape index (κ2) is 6.37. The third-order valence-corrected chi connectivity index (χ3v) is 6.53. The van der Waals surface area contributed by atoms with Crippen LogP contribution in [0.15, 0.2) is 42.7 Å². The van der Waals surface area contributed by atoms with E-state index in [2.05, 4.69) is 42.7 Å². The number of rotatable bonds is 3. The molecule has 2 aliphatic rings. The predicted molar refractivity (Wildman–Crippen MR) is 113 cm³/mol. The summed E-state index contributed by atoms with van der Waals surface area (Å²) in [5.41, 5.74) is 4.24. The molecule has 0 unspecified atom stereocenters. The summed E-state index contributed by atoms with van der Waals surface area (Å²) in [7, 11) is 0. The second-order valence-electron chi connectivity index (χ2n) is 8.57. The number of phenolic OH excluding ortho intramolecular Hbond substituents is 1. The van der Waals surface area contributed by atoms with Gasteiger partial charge in [0.05, 0.1) is 23.3 Å². The van der Waals surface area contributed by atoms with Gasteiger partial charge in [0.1, 0.15) is 5.75 Å². The van der Waals surface area contributed by atoms with Crippen LogP contribution in [0.2, 0.25) is 0 Å². The van der Waals surface area contributed by atoms with Gasteiger partial charge in [-0.1, -0.05) is 5.21 Å². The zero-order valence-electron chi connectivity index (χ0n) is 16.8. The van der Waals surface area contributed by atoms with Crippen LogP contribution in [0.25, 0.3) is 28.0 Å². The molecular formula is C22H23N7O. The Morgan fingerprint density at radius 2 is 2.07 bits per heavy atom. The van der Waals surface area contributed by atoms with Crippen molar-refractivity contribution in [1.82, 2.24) is 35.1 Å². The molecule has 152 valence electrons. The smallest absolute Gasteiger partial charge is 0.162 e. The van der Waals surface area contributed by atoms with Gasteiger partial charge < -0.3 is 15.0 Å². The number of hydrogen-bond donors (Lipinski definition) is 2. The largest absolute Gasteiger partial charge is 0.507 e. The van der Waals surface area contributed by atoms with Gasteiger partial charge in [-0.15, -0.1) is 15.3 Å². The van der Waals surface area contributed by atoms with E-state index in [1.807, 2.05) is 25.1 Å². The fourth-order valence-electron chi connectivity index (χ4n) is 4.69. The van der Waals surface area contributed by atoms with E-state index in [0.29, 0.717) is 22.8 Å². The van der Waals surface area contributed by atoms with E-state index in [1.54, 1.807) is 16.9 Å². The van der Waals surface area contributed by atoms with Crippen LogP contribution in [0.3, 0.4) is 0 Å². The van der Waals surface area contributed by atoms with E-state index in [-0.39, 0.29) is 5.75 Å². The van der Waals surface area contributed by atoms with E-state index in [4.69, 9.17) is 0 Å². The van der Waals surface area contributed by atoms with E-state index >= 15 is 0 Å². The van der Waals surface area contributed by atoms with E-state index in [1.165, 1.54) is 12.8 Å². The maximum atomic E-state index is 10.6. The summed E-state index contributed by atoms with van der Waals surface area (Å²) in [5, 5.41) is 32.3. The Hall–Kier alpha value is -3.26. The van der Waals surface area contributed by atoms with Crippen LogP contribution in [-0.2, 0) is 0 Å². The number of nitrogens with one attached hydrogen (secondary N) is 1. The number of piperidine rings is 1. The Balaban J connectivity index is 1.33. The van der Waals surface area contributed by atoms with Gasteiger partial charge in [-0.2, -0.15) is 0 Å². The topological polar surface area (TPSA) is 93.7 Å². The maximum Gasteiger partial charge on any atom is 0.162 e. The minimum Gasteiger partial charge on any atom is -0.507 e. The molecular weight excluding hydrogens is 378 g/mol. The molecule has 2 fully saturated rings. The van der Waals surface area contributed by atoms with Gasteiger partial charge in [0.15, 0.2) is 5.65 Å². The van der Waals surface area contributed by atoms with Crippen molar-refractivity contribution in [2.75, 3.05) is 6.54 Å². The molecule has 1 atom stereocenters. The van der Waals surface area contributed by atoms with Gasteiger partial charge in [0.2, 0.25) is 0 Å². The van der Waals surface area contributed by atoms with Crippen LogP contribution in [0.4, 0.5) is 0 Å². The van der Waals surface area contributed by atoms with Gasteiger partial charge in [-0.3, -0.25) is 0 Å². The Morgan fingerprint density at radius 1 is 1.17 bits per heavy atom. The minimum absolute atomic E-state index is 0.143. The fraction of sp³-hybridized carbons (Fsp3) is 0.364. The van der Waals surface area contributed by atoms with E-state index in [9.17, 15) is 5.11 Å². The van der Waals surface area contributed by atoms with Crippen molar-refractivity contribution in [3.8, 4) is 22.7 Å². The summed E-state index contributed by atoms with van der Waals surface area (Å²) in [6.45, 7) is 2.98. The zero-order chi connectivity index (χ0) is 20.3. The lowest BCUT2D eigenvalue weighted by molar-refractivity contribution is 0.290. The molecule has 4 heterocycles. The van der Waals surface area contributed by atoms with Crippen molar-refractivity contribution in [2.24, 2.45) is 0 Å². The molecule has 1 aromatic carbocycles. The van der Waals surface area contributed by atoms with Crippen LogP contribution in [-0.4, -0.2) is 46.9 Å². The van der Waals surface area contributed by atoms with E-state index < -0.39 is 0 Å². The molecule has 1 saturated heterocycles. The number of benzene rings is 1. The number of aromatic nitrogens is 6. The summed E-state index contributed by atoms with van der Waals surface area (Å²) in [6.07, 6.45) is 8.64. The van der Waals surface area contributed by atoms with Gasteiger partial charge in [-0.05, 0) is 63.4 Å². The molecule has 8 nitrogen and oxygen atoms in total. The summed E-state index contributed by atoms with van der Waals surface area (Å²) < 4.78 is 3.97. The molecule has 1 aliphatic carbocycles. The lowest BCUT2D eigenvalue weighted by atomic mass is 9.97. The Bertz CT molecular complexity index is 1250. The third kappa shape index (κ3) is 2.79. The number of aromatic hydroxyl groups is 1. The molecule has 3 aromatic heterocycles. The Morgan fingerprint density at radius 3 is 2.83 bits per heavy atom. The highest BCUT2D eigenvalue weighted by atomic mass is 16.3. The van der Waals surface area contributed by atoms with Crippen molar-refractivity contribution < 1.29 is 5.11 Å². The highest BCUT2D eigenvalue weighted by molar-refractivity contribution is 5.81. The molecule has 2 N–H and O–H groups in total. The summed E-state index contributed by atoms with van der Waals surface area (Å²) in [5.74, 6) is 0.143. The van der Waals surface area contributed by atoms with Crippen LogP contribution in [0.5, 0.6) is 5.75 Å². The van der Waals surface area contributed by atoms with Crippen LogP contribution < -0.4 is 5.32 Å². The van der Waals surface area contributed by atoms with Gasteiger partial charge in [0.25, 0.3) is 0 Å². The number of fused-ring (bicyclic) bond motifs is 1. The average molecular weight is 401 g/mol. The van der Waals surface area contributed by atoms with Crippen molar-refractivity contribution in [2.45, 2.75) is 44.2 Å². The molecule has 6 rings (SSSR count). The van der Waals surface area contributed by atoms with Crippen LogP contribution >= 0.6 is 0 Å². The molecule has 0 bridgehead atoms. The lowest BCUT2D eigenvalue weighted by Crippen LogP contribution is -2.40. The number of nitrogens with zero attached hydrogens (tertiary/aromatic N) is 6. The van der Waals surface area contributed by atoms with Crippen LogP contribution in [0, 0.1) is 6.92 Å². The number of hydrogen-bond acceptors (Lipinski definition) is 6. The van der Waals surface area contributed by atoms with E-state index in [0.717, 1.165) is 41.8 Å². The Labute approximate surface area is 173 Å². The summed E-state index contributed by atoms with van der Waals surface area (Å²) in [4.78, 5) is 0. The first-order valence-electron chi connectivity index (χ1n) is 10.4. The molecule has 8 heteroatoms. The minimum atomic E-state index is 0.143. The van der Waals surface area contributed by atoms with Crippen molar-refractivity contribution in [1.29, 1.82) is 0 Å². The molecule has 30 heavy (non-hydrogen) atoms. The van der Waals surface area contributed by atoms with Crippen LogP contribution in [0.1, 0.15) is 37.4 Å². The summed E-state index contributed by atoms with van der Waals surface area (Å²) >= 11 is 0. The molecule has 1 saturated carbocycles. The van der Waals surface area contributed by atoms with Gasteiger partial charge >= 0.3 is 0 Å². The molecule has 0 amide bonds. The number of aryl methyl sites for hydroxylation is 1. The SMILES string of the molecule is Cc1cnnn1-c1ccc(-c2cc3ccn([C@H]4CCNC5(CC5)C4)c3nn2)c(O)c1. The molecule has 0 radical (unpaired) electrons. The zero-order valence-corrected chi connectivity index (χ0v) is 16.8. The monoisotopic (exact) mass is 401 g/mol. The number of phenols is 1. The van der Waals surface area contributed by atoms with Gasteiger partial charge in [-0.25, -0.2) is 4.68 Å². The third-order valence-electron chi connectivity index (χ3n) is 6.53. The lowest BCUT2D eigenvalue weighted by Gasteiger charge is -2.31. The molecule has 1 aliphatic heterocycles. The first-order chi connectivity index (χ1) is 14.6. The summed E-state index contributed by atoms with van der Waals surface area (Å²) in [6, 6.07) is 9.99. The maximum absolute atomic E-state index is 10.6. The standard InChI is InChI=1S/C22H23N7O/c1-14-13-24-27-29(14)16-2-3-18(20(30)11-16)19-10-15-5-9-28(21(15)26-25-19)17-4-8-23-22(12-17)6-7-22/h2-3,5,9-11,13,17,23,30H,4,6-8,12H2,1H3/t17-/m0/s1. The highest BCUT2D eigenvalue weighted by Gasteiger charge is 2.46. The average Bonchev–Trinajstić information content (AvgIpc) is 3.15. The normalized spacial score (nSPS) is 20.1. The van der Waals surface area contributed by atoms with Crippen molar-refractivity contribution in [3.63, 3.8) is 0 Å². The van der Waals surface area contributed by atoms with Crippen molar-refractivity contribution in [3.05, 3.63) is 48.4 Å². The first-order valence-corrected chi connectivity index (χ1v) is 10.4. The van der Waals surface area contributed by atoms with Gasteiger partial charge in [0, 0.05) is 34.8 Å². The highest BCUT2D eigenvalue weighted by Crippen LogP contribution is 2.46. The quantitative estimate of drug-likeness (QED) is 0.548. The van der Waals surface area contributed by atoms with Crippen molar-refractivity contribution >= 4 is 11.0 Å². The predicted octanol–water partition coefficient (Wildman–Crippen LogP) is 3.15. The molecule has 4 aromatic rings. The Kier molecular flexibility index (Phi) is 3.73. The fourth-order valence-corrected chi connectivity index (χ4v) is 4.69.